The van der Waals surface area contributed by atoms with Crippen LogP contribution < -0.4 is 0 Å². The summed E-state index contributed by atoms with van der Waals surface area (Å²) in [6.07, 6.45) is 1.74. The van der Waals surface area contributed by atoms with Gasteiger partial charge in [0.1, 0.15) is 0 Å². The van der Waals surface area contributed by atoms with Crippen LogP contribution in [-0.2, 0) is 0 Å². The maximum Gasteiger partial charge on any atom is 0.254 e. The molecule has 0 radical (unpaired) electrons. The highest BCUT2D eigenvalue weighted by molar-refractivity contribution is 6.31. The van der Waals surface area contributed by atoms with E-state index in [2.05, 4.69) is 0 Å². The predicted octanol–water partition coefficient (Wildman–Crippen LogP) is 3.49. The van der Waals surface area contributed by atoms with Gasteiger partial charge >= 0.3 is 0 Å². The molecule has 1 fully saturated rings. The molecular formula is C13H15Cl2NO. The minimum absolute atomic E-state index is 0.0635. The molecule has 2 nitrogen and oxygen atoms in total. The average molecular weight is 272 g/mol. The van der Waals surface area contributed by atoms with E-state index in [1.165, 1.54) is 0 Å². The summed E-state index contributed by atoms with van der Waals surface area (Å²) in [6.45, 7) is 3.35. The van der Waals surface area contributed by atoms with E-state index < -0.39 is 0 Å². The summed E-state index contributed by atoms with van der Waals surface area (Å²) in [5.74, 6) is 0.0635. The van der Waals surface area contributed by atoms with E-state index in [1.54, 1.807) is 6.07 Å². The van der Waals surface area contributed by atoms with Crippen molar-refractivity contribution in [2.45, 2.75) is 25.1 Å². The predicted molar refractivity (Wildman–Crippen MR) is 71.0 cm³/mol. The number of likely N-dealkylation sites (tertiary alicyclic amines) is 1. The van der Waals surface area contributed by atoms with E-state index in [4.69, 9.17) is 23.2 Å². The van der Waals surface area contributed by atoms with Crippen LogP contribution in [0.3, 0.4) is 0 Å². The number of carbonyl (C=O) groups is 1. The lowest BCUT2D eigenvalue weighted by molar-refractivity contribution is 0.0726. The molecule has 1 aromatic carbocycles. The van der Waals surface area contributed by atoms with Crippen LogP contribution >= 0.6 is 23.2 Å². The second-order valence-corrected chi connectivity index (χ2v) is 5.40. The van der Waals surface area contributed by atoms with Crippen molar-refractivity contribution in [1.82, 2.24) is 4.90 Å². The lowest BCUT2D eigenvalue weighted by Gasteiger charge is -2.29. The maximum absolute atomic E-state index is 12.3. The first kappa shape index (κ1) is 12.7. The molecule has 1 aromatic rings. The lowest BCUT2D eigenvalue weighted by Crippen LogP contribution is -2.39. The maximum atomic E-state index is 12.3. The third-order valence-corrected chi connectivity index (χ3v) is 4.06. The Morgan fingerprint density at radius 1 is 1.35 bits per heavy atom. The van der Waals surface area contributed by atoms with Gasteiger partial charge in [-0.05, 0) is 37.5 Å². The van der Waals surface area contributed by atoms with Gasteiger partial charge < -0.3 is 4.90 Å². The van der Waals surface area contributed by atoms with Gasteiger partial charge in [0.2, 0.25) is 0 Å². The van der Waals surface area contributed by atoms with Gasteiger partial charge in [-0.3, -0.25) is 4.79 Å². The first-order valence-electron chi connectivity index (χ1n) is 5.78. The van der Waals surface area contributed by atoms with Crippen molar-refractivity contribution >= 4 is 29.1 Å². The first-order chi connectivity index (χ1) is 8.09. The Kier molecular flexibility index (Phi) is 3.95. The van der Waals surface area contributed by atoms with Crippen molar-refractivity contribution in [2.75, 3.05) is 13.1 Å². The summed E-state index contributed by atoms with van der Waals surface area (Å²) in [5.41, 5.74) is 1.55. The number of piperidine rings is 1. The van der Waals surface area contributed by atoms with Gasteiger partial charge in [0.05, 0.1) is 0 Å². The standard InChI is InChI=1S/C13H15Cl2NO/c1-9-11(3-2-4-12(9)15)13(17)16-7-5-10(14)6-8-16/h2-4,10H,5-8H2,1H3. The Balaban J connectivity index is 2.17. The van der Waals surface area contributed by atoms with E-state index in [-0.39, 0.29) is 11.3 Å². The van der Waals surface area contributed by atoms with Crippen LogP contribution in [0.2, 0.25) is 5.02 Å². The number of hydrogen-bond acceptors (Lipinski definition) is 1. The minimum Gasteiger partial charge on any atom is -0.339 e. The highest BCUT2D eigenvalue weighted by Gasteiger charge is 2.23. The van der Waals surface area contributed by atoms with Gasteiger partial charge in [0.25, 0.3) is 5.91 Å². The fraction of sp³-hybridized carbons (Fsp3) is 0.462. The van der Waals surface area contributed by atoms with E-state index in [9.17, 15) is 4.79 Å². The highest BCUT2D eigenvalue weighted by atomic mass is 35.5. The SMILES string of the molecule is Cc1c(Cl)cccc1C(=O)N1CCC(Cl)CC1. The second kappa shape index (κ2) is 5.28. The number of benzene rings is 1. The first-order valence-corrected chi connectivity index (χ1v) is 6.59. The number of hydrogen-bond donors (Lipinski definition) is 0. The summed E-state index contributed by atoms with van der Waals surface area (Å²) in [6, 6.07) is 5.45. The molecule has 0 N–H and O–H groups in total. The summed E-state index contributed by atoms with van der Waals surface area (Å²) in [7, 11) is 0. The Bertz CT molecular complexity index is 425. The molecule has 2 rings (SSSR count). The van der Waals surface area contributed by atoms with E-state index >= 15 is 0 Å². The Morgan fingerprint density at radius 3 is 2.65 bits per heavy atom. The van der Waals surface area contributed by atoms with E-state index in [1.807, 2.05) is 24.0 Å². The highest BCUT2D eigenvalue weighted by Crippen LogP contribution is 2.22. The molecule has 4 heteroatoms. The van der Waals surface area contributed by atoms with Gasteiger partial charge in [-0.2, -0.15) is 0 Å². The fourth-order valence-corrected chi connectivity index (χ4v) is 2.43. The molecule has 1 amide bonds. The molecule has 1 heterocycles. The fourth-order valence-electron chi connectivity index (χ4n) is 2.06. The third-order valence-electron chi connectivity index (χ3n) is 3.21. The Hall–Kier alpha value is -0.730. The number of nitrogens with zero attached hydrogens (tertiary/aromatic N) is 1. The number of amides is 1. The molecular weight excluding hydrogens is 257 g/mol. The molecule has 0 spiro atoms. The van der Waals surface area contributed by atoms with Gasteiger partial charge in [-0.25, -0.2) is 0 Å². The zero-order valence-electron chi connectivity index (χ0n) is 9.75. The smallest absolute Gasteiger partial charge is 0.254 e. The monoisotopic (exact) mass is 271 g/mol. The molecule has 0 aromatic heterocycles. The van der Waals surface area contributed by atoms with Crippen LogP contribution in [0.4, 0.5) is 0 Å². The number of carbonyl (C=O) groups excluding carboxylic acids is 1. The van der Waals surface area contributed by atoms with Crippen LogP contribution in [0.1, 0.15) is 28.8 Å². The van der Waals surface area contributed by atoms with Crippen LogP contribution in [-0.4, -0.2) is 29.3 Å². The van der Waals surface area contributed by atoms with Crippen molar-refractivity contribution < 1.29 is 4.79 Å². The van der Waals surface area contributed by atoms with E-state index in [0.29, 0.717) is 10.6 Å². The van der Waals surface area contributed by atoms with Gasteiger partial charge in [0, 0.05) is 29.1 Å². The Labute approximate surface area is 112 Å². The molecule has 17 heavy (non-hydrogen) atoms. The average Bonchev–Trinajstić information content (AvgIpc) is 2.33. The van der Waals surface area contributed by atoms with Gasteiger partial charge in [-0.1, -0.05) is 17.7 Å². The molecule has 0 bridgehead atoms. The van der Waals surface area contributed by atoms with Crippen molar-refractivity contribution in [3.63, 3.8) is 0 Å². The van der Waals surface area contributed by atoms with Crippen molar-refractivity contribution in [3.8, 4) is 0 Å². The molecule has 0 aliphatic carbocycles. The van der Waals surface area contributed by atoms with Gasteiger partial charge in [0.15, 0.2) is 0 Å². The summed E-state index contributed by atoms with van der Waals surface area (Å²) >= 11 is 12.1. The molecule has 1 aliphatic heterocycles. The minimum atomic E-state index is 0.0635. The zero-order valence-corrected chi connectivity index (χ0v) is 11.3. The van der Waals surface area contributed by atoms with Gasteiger partial charge in [-0.15, -0.1) is 11.6 Å². The van der Waals surface area contributed by atoms with E-state index in [0.717, 1.165) is 31.5 Å². The largest absolute Gasteiger partial charge is 0.339 e. The topological polar surface area (TPSA) is 20.3 Å². The quantitative estimate of drug-likeness (QED) is 0.716. The molecule has 92 valence electrons. The van der Waals surface area contributed by atoms with Crippen molar-refractivity contribution in [3.05, 3.63) is 34.3 Å². The van der Waals surface area contributed by atoms with Crippen LogP contribution in [0, 0.1) is 6.92 Å². The molecule has 0 atom stereocenters. The molecule has 1 saturated heterocycles. The van der Waals surface area contributed by atoms with Crippen molar-refractivity contribution in [2.24, 2.45) is 0 Å². The third kappa shape index (κ3) is 2.75. The molecule has 0 saturated carbocycles. The second-order valence-electron chi connectivity index (χ2n) is 4.38. The summed E-state index contributed by atoms with van der Waals surface area (Å²) in [4.78, 5) is 14.2. The lowest BCUT2D eigenvalue weighted by atomic mass is 10.1. The van der Waals surface area contributed by atoms with Crippen LogP contribution in [0.25, 0.3) is 0 Å². The van der Waals surface area contributed by atoms with Crippen LogP contribution in [0.5, 0.6) is 0 Å². The zero-order chi connectivity index (χ0) is 12.4. The summed E-state index contributed by atoms with van der Waals surface area (Å²) < 4.78 is 0. The Morgan fingerprint density at radius 2 is 2.00 bits per heavy atom. The molecule has 0 unspecified atom stereocenters. The molecule has 1 aliphatic rings. The van der Waals surface area contributed by atoms with Crippen LogP contribution in [0.15, 0.2) is 18.2 Å². The number of rotatable bonds is 1. The number of halogens is 2. The normalized spacial score (nSPS) is 17.2. The van der Waals surface area contributed by atoms with Crippen molar-refractivity contribution in [1.29, 1.82) is 0 Å². The number of alkyl halides is 1. The summed E-state index contributed by atoms with van der Waals surface area (Å²) in [5, 5.41) is 0.850.